The van der Waals surface area contributed by atoms with Crippen molar-refractivity contribution in [2.75, 3.05) is 6.54 Å². The fraction of sp³-hybridized carbons (Fsp3) is 0.737. The second-order valence-electron chi connectivity index (χ2n) is 6.17. The highest BCUT2D eigenvalue weighted by molar-refractivity contribution is 6.06. The van der Waals surface area contributed by atoms with E-state index in [-0.39, 0.29) is 0 Å². The van der Waals surface area contributed by atoms with Gasteiger partial charge in [0.15, 0.2) is 0 Å². The topological polar surface area (TPSA) is 38.4 Å². The van der Waals surface area contributed by atoms with Crippen molar-refractivity contribution in [2.24, 2.45) is 16.6 Å². The van der Waals surface area contributed by atoms with Crippen LogP contribution >= 0.6 is 0 Å². The summed E-state index contributed by atoms with van der Waals surface area (Å²) in [4.78, 5) is 4.88. The van der Waals surface area contributed by atoms with Crippen LogP contribution in [0.3, 0.4) is 0 Å². The molecule has 1 rings (SSSR count). The first-order chi connectivity index (χ1) is 10.2. The van der Waals surface area contributed by atoms with Gasteiger partial charge in [0.1, 0.15) is 0 Å². The molecule has 0 bridgehead atoms. The van der Waals surface area contributed by atoms with E-state index < -0.39 is 0 Å². The molecule has 0 unspecified atom stereocenters. The molecule has 0 aromatic heterocycles. The van der Waals surface area contributed by atoms with Crippen LogP contribution in [0.25, 0.3) is 0 Å². The van der Waals surface area contributed by atoms with Crippen LogP contribution < -0.4 is 5.73 Å². The summed E-state index contributed by atoms with van der Waals surface area (Å²) in [5, 5.41) is 0. The van der Waals surface area contributed by atoms with Gasteiger partial charge in [-0.3, -0.25) is 4.99 Å². The molecule has 2 heteroatoms. The fourth-order valence-electron chi connectivity index (χ4n) is 3.36. The first-order valence-electron chi connectivity index (χ1n) is 8.82. The highest BCUT2D eigenvalue weighted by Crippen LogP contribution is 2.32. The molecule has 2 nitrogen and oxygen atoms in total. The molecule has 1 aliphatic rings. The summed E-state index contributed by atoms with van der Waals surface area (Å²) in [7, 11) is 0. The highest BCUT2D eigenvalue weighted by atomic mass is 14.7. The average molecular weight is 290 g/mol. The second-order valence-corrected chi connectivity index (χ2v) is 6.17. The van der Waals surface area contributed by atoms with Crippen molar-refractivity contribution in [2.45, 2.75) is 79.1 Å². The van der Waals surface area contributed by atoms with Gasteiger partial charge >= 0.3 is 0 Å². The number of nitrogens with zero attached hydrogens (tertiary/aromatic N) is 1. The van der Waals surface area contributed by atoms with E-state index in [9.17, 15) is 0 Å². The minimum absolute atomic E-state index is 0.615. The van der Waals surface area contributed by atoms with Crippen LogP contribution in [0, 0.1) is 5.92 Å². The molecule has 0 aromatic rings. The van der Waals surface area contributed by atoms with Crippen molar-refractivity contribution in [3.63, 3.8) is 0 Å². The lowest BCUT2D eigenvalue weighted by atomic mass is 9.80. The summed E-state index contributed by atoms with van der Waals surface area (Å²) in [6.07, 6.45) is 12.4. The molecular formula is C19H34N2. The van der Waals surface area contributed by atoms with Gasteiger partial charge in [-0.25, -0.2) is 0 Å². The van der Waals surface area contributed by atoms with Gasteiger partial charge in [0.05, 0.1) is 0 Å². The van der Waals surface area contributed by atoms with Crippen LogP contribution in [0.1, 0.15) is 79.1 Å². The zero-order valence-corrected chi connectivity index (χ0v) is 14.5. The van der Waals surface area contributed by atoms with Crippen molar-refractivity contribution in [3.8, 4) is 0 Å². The lowest BCUT2D eigenvalue weighted by molar-refractivity contribution is 0.438. The molecule has 21 heavy (non-hydrogen) atoms. The third-order valence-corrected chi connectivity index (χ3v) is 4.44. The highest BCUT2D eigenvalue weighted by Gasteiger charge is 2.24. The number of hydrogen-bond donors (Lipinski definition) is 1. The van der Waals surface area contributed by atoms with Crippen molar-refractivity contribution >= 4 is 5.71 Å². The second kappa shape index (κ2) is 9.81. The van der Waals surface area contributed by atoms with Crippen molar-refractivity contribution in [3.05, 3.63) is 22.9 Å². The SMILES string of the molecule is C/C=C(CCCC)\C(C(=NCC)C1CCCCC1)=C(/C)N. The maximum atomic E-state index is 6.28. The fourth-order valence-corrected chi connectivity index (χ4v) is 3.36. The minimum atomic E-state index is 0.615. The van der Waals surface area contributed by atoms with Gasteiger partial charge in [-0.1, -0.05) is 38.7 Å². The summed E-state index contributed by atoms with van der Waals surface area (Å²) < 4.78 is 0. The van der Waals surface area contributed by atoms with E-state index in [0.717, 1.165) is 18.7 Å². The third kappa shape index (κ3) is 5.33. The largest absolute Gasteiger partial charge is 0.402 e. The molecule has 0 radical (unpaired) electrons. The van der Waals surface area contributed by atoms with Gasteiger partial charge in [-0.05, 0) is 52.0 Å². The number of allylic oxidation sites excluding steroid dienone is 4. The van der Waals surface area contributed by atoms with E-state index in [2.05, 4.69) is 26.8 Å². The lowest BCUT2D eigenvalue weighted by Crippen LogP contribution is -2.23. The van der Waals surface area contributed by atoms with Crippen molar-refractivity contribution in [1.82, 2.24) is 0 Å². The van der Waals surface area contributed by atoms with Crippen LogP contribution in [0.4, 0.5) is 0 Å². The molecule has 1 aliphatic carbocycles. The molecule has 0 aliphatic heterocycles. The Morgan fingerprint density at radius 1 is 1.19 bits per heavy atom. The molecule has 0 amide bonds. The average Bonchev–Trinajstić information content (AvgIpc) is 2.50. The van der Waals surface area contributed by atoms with Crippen LogP contribution in [-0.2, 0) is 0 Å². The predicted molar refractivity (Wildman–Crippen MR) is 94.7 cm³/mol. The standard InChI is InChI=1S/C19H34N2/c1-5-8-12-16(6-2)18(15(4)20)19(21-7-3)17-13-10-9-11-14-17/h6,17H,5,7-14,20H2,1-4H3/b16-6-,18-15-,21-19?. The summed E-state index contributed by atoms with van der Waals surface area (Å²) in [6, 6.07) is 0. The first-order valence-corrected chi connectivity index (χ1v) is 8.82. The third-order valence-electron chi connectivity index (χ3n) is 4.44. The van der Waals surface area contributed by atoms with Crippen LogP contribution in [-0.4, -0.2) is 12.3 Å². The van der Waals surface area contributed by atoms with Crippen molar-refractivity contribution in [1.29, 1.82) is 0 Å². The van der Waals surface area contributed by atoms with E-state index in [4.69, 9.17) is 10.7 Å². The zero-order valence-electron chi connectivity index (χ0n) is 14.5. The Balaban J connectivity index is 3.09. The quantitative estimate of drug-likeness (QED) is 0.495. The molecule has 0 spiro atoms. The Morgan fingerprint density at radius 2 is 1.86 bits per heavy atom. The number of nitrogens with two attached hydrogens (primary N) is 1. The van der Waals surface area contributed by atoms with Gasteiger partial charge in [-0.15, -0.1) is 0 Å². The maximum absolute atomic E-state index is 6.28. The Kier molecular flexibility index (Phi) is 8.41. The summed E-state index contributed by atoms with van der Waals surface area (Å²) in [5.41, 5.74) is 11.2. The predicted octanol–water partition coefficient (Wildman–Crippen LogP) is 5.40. The van der Waals surface area contributed by atoms with Gasteiger partial charge in [0.25, 0.3) is 0 Å². The van der Waals surface area contributed by atoms with E-state index in [0.29, 0.717) is 5.92 Å². The van der Waals surface area contributed by atoms with Crippen molar-refractivity contribution < 1.29 is 0 Å². The monoisotopic (exact) mass is 290 g/mol. The minimum Gasteiger partial charge on any atom is -0.402 e. The number of rotatable bonds is 7. The Bertz CT molecular complexity index is 392. The van der Waals surface area contributed by atoms with Gasteiger partial charge in [0.2, 0.25) is 0 Å². The number of hydrogen-bond acceptors (Lipinski definition) is 2. The van der Waals surface area contributed by atoms with E-state index in [1.165, 1.54) is 61.8 Å². The van der Waals surface area contributed by atoms with E-state index in [1.54, 1.807) is 0 Å². The Hall–Kier alpha value is -1.05. The van der Waals surface area contributed by atoms with E-state index >= 15 is 0 Å². The molecule has 2 N–H and O–H groups in total. The van der Waals surface area contributed by atoms with Gasteiger partial charge < -0.3 is 5.73 Å². The molecule has 0 atom stereocenters. The summed E-state index contributed by atoms with van der Waals surface area (Å²) in [5.74, 6) is 0.615. The molecular weight excluding hydrogens is 256 g/mol. The van der Waals surface area contributed by atoms with Crippen LogP contribution in [0.15, 0.2) is 27.9 Å². The molecule has 120 valence electrons. The van der Waals surface area contributed by atoms with Crippen LogP contribution in [0.2, 0.25) is 0 Å². The molecule has 0 heterocycles. The maximum Gasteiger partial charge on any atom is 0.0471 e. The summed E-state index contributed by atoms with van der Waals surface area (Å²) in [6.45, 7) is 9.41. The molecule has 1 fully saturated rings. The van der Waals surface area contributed by atoms with Gasteiger partial charge in [0, 0.05) is 29.4 Å². The van der Waals surface area contributed by atoms with E-state index in [1.807, 2.05) is 6.92 Å². The van der Waals surface area contributed by atoms with Gasteiger partial charge in [-0.2, -0.15) is 0 Å². The Morgan fingerprint density at radius 3 is 2.33 bits per heavy atom. The molecule has 0 aromatic carbocycles. The smallest absolute Gasteiger partial charge is 0.0471 e. The lowest BCUT2D eigenvalue weighted by Gasteiger charge is -2.27. The van der Waals surface area contributed by atoms with Crippen LogP contribution in [0.5, 0.6) is 0 Å². The molecule has 1 saturated carbocycles. The normalized spacial score (nSPS) is 19.6. The zero-order chi connectivity index (χ0) is 15.7. The number of aliphatic imine (C=N–C) groups is 1. The Labute approximate surface area is 131 Å². The summed E-state index contributed by atoms with van der Waals surface area (Å²) >= 11 is 0. The number of unbranched alkanes of at least 4 members (excludes halogenated alkanes) is 1. The first kappa shape index (κ1) is 18.0. The molecule has 0 saturated heterocycles.